The molecule has 5 heteroatoms. The zero-order valence-electron chi connectivity index (χ0n) is 9.41. The zero-order valence-corrected chi connectivity index (χ0v) is 10.2. The largest absolute Gasteiger partial charge is 0.421 e. The smallest absolute Gasteiger partial charge is 0.248 e. The Morgan fingerprint density at radius 3 is 2.94 bits per heavy atom. The van der Waals surface area contributed by atoms with E-state index in [0.29, 0.717) is 29.6 Å². The number of aryl methyl sites for hydroxylation is 2. The van der Waals surface area contributed by atoms with Crippen molar-refractivity contribution in [3.63, 3.8) is 0 Å². The predicted octanol–water partition coefficient (Wildman–Crippen LogP) is 3.36. The van der Waals surface area contributed by atoms with Gasteiger partial charge >= 0.3 is 0 Å². The van der Waals surface area contributed by atoms with E-state index in [2.05, 4.69) is 10.2 Å². The van der Waals surface area contributed by atoms with Crippen LogP contribution in [-0.2, 0) is 6.42 Å². The minimum Gasteiger partial charge on any atom is -0.421 e. The summed E-state index contributed by atoms with van der Waals surface area (Å²) in [6.45, 7) is 1.87. The molecule has 1 aromatic heterocycles. The second-order valence-corrected chi connectivity index (χ2v) is 4.13. The monoisotopic (exact) mass is 254 g/mol. The Balaban J connectivity index is 2.27. The average Bonchev–Trinajstić information content (AvgIpc) is 2.78. The van der Waals surface area contributed by atoms with Gasteiger partial charge in [0.1, 0.15) is 5.82 Å². The molecule has 0 saturated carbocycles. The van der Waals surface area contributed by atoms with Crippen LogP contribution in [0.25, 0.3) is 11.5 Å². The molecule has 0 fully saturated rings. The van der Waals surface area contributed by atoms with Crippen LogP contribution in [0.15, 0.2) is 22.6 Å². The van der Waals surface area contributed by atoms with Crippen molar-refractivity contribution in [2.45, 2.75) is 19.8 Å². The number of alkyl halides is 1. The highest BCUT2D eigenvalue weighted by Crippen LogP contribution is 2.23. The van der Waals surface area contributed by atoms with Gasteiger partial charge in [0, 0.05) is 17.9 Å². The Kier molecular flexibility index (Phi) is 3.74. The average molecular weight is 255 g/mol. The van der Waals surface area contributed by atoms with E-state index in [1.54, 1.807) is 6.07 Å². The molecule has 2 rings (SSSR count). The first-order valence-electron chi connectivity index (χ1n) is 5.35. The maximum absolute atomic E-state index is 13.1. The molecule has 2 aromatic rings. The van der Waals surface area contributed by atoms with Crippen LogP contribution in [0.5, 0.6) is 0 Å². The first kappa shape index (κ1) is 12.0. The fourth-order valence-electron chi connectivity index (χ4n) is 1.51. The van der Waals surface area contributed by atoms with Crippen LogP contribution < -0.4 is 0 Å². The molecule has 3 nitrogen and oxygen atoms in total. The third-order valence-electron chi connectivity index (χ3n) is 2.42. The highest BCUT2D eigenvalue weighted by Gasteiger charge is 2.11. The number of rotatable bonds is 4. The lowest BCUT2D eigenvalue weighted by atomic mass is 10.1. The van der Waals surface area contributed by atoms with Crippen molar-refractivity contribution in [2.24, 2.45) is 0 Å². The summed E-state index contributed by atoms with van der Waals surface area (Å²) in [5, 5.41) is 7.82. The number of hydrogen-bond donors (Lipinski definition) is 0. The molecule has 0 radical (unpaired) electrons. The lowest BCUT2D eigenvalue weighted by Crippen LogP contribution is -1.85. The van der Waals surface area contributed by atoms with Crippen LogP contribution in [0.3, 0.4) is 0 Å². The van der Waals surface area contributed by atoms with Crippen LogP contribution in [0, 0.1) is 12.7 Å². The van der Waals surface area contributed by atoms with Crippen molar-refractivity contribution in [3.05, 3.63) is 35.5 Å². The second-order valence-electron chi connectivity index (χ2n) is 3.75. The summed E-state index contributed by atoms with van der Waals surface area (Å²) in [6, 6.07) is 4.49. The highest BCUT2D eigenvalue weighted by atomic mass is 35.5. The van der Waals surface area contributed by atoms with Gasteiger partial charge in [-0.2, -0.15) is 0 Å². The number of nitrogens with zero attached hydrogens (tertiary/aromatic N) is 2. The third-order valence-corrected chi connectivity index (χ3v) is 2.69. The highest BCUT2D eigenvalue weighted by molar-refractivity contribution is 6.17. The molecule has 1 heterocycles. The Labute approximate surface area is 104 Å². The van der Waals surface area contributed by atoms with E-state index in [4.69, 9.17) is 16.0 Å². The number of hydrogen-bond acceptors (Lipinski definition) is 3. The van der Waals surface area contributed by atoms with Gasteiger partial charge in [0.05, 0.1) is 0 Å². The van der Waals surface area contributed by atoms with Gasteiger partial charge in [-0.1, -0.05) is 6.07 Å². The normalized spacial score (nSPS) is 10.8. The third kappa shape index (κ3) is 2.82. The van der Waals surface area contributed by atoms with Crippen molar-refractivity contribution in [1.82, 2.24) is 10.2 Å². The summed E-state index contributed by atoms with van der Waals surface area (Å²) >= 11 is 5.58. The summed E-state index contributed by atoms with van der Waals surface area (Å²) in [5.41, 5.74) is 1.54. The van der Waals surface area contributed by atoms with Crippen molar-refractivity contribution >= 4 is 11.6 Å². The van der Waals surface area contributed by atoms with Gasteiger partial charge in [0.25, 0.3) is 0 Å². The number of aromatic nitrogens is 2. The molecule has 0 atom stereocenters. The molecule has 0 saturated heterocycles. The van der Waals surface area contributed by atoms with Gasteiger partial charge in [-0.3, -0.25) is 0 Å². The molecule has 0 spiro atoms. The van der Waals surface area contributed by atoms with Crippen molar-refractivity contribution < 1.29 is 8.81 Å². The van der Waals surface area contributed by atoms with E-state index in [-0.39, 0.29) is 5.82 Å². The molecule has 0 aliphatic carbocycles. The number of benzene rings is 1. The molecular formula is C12H12ClFN2O. The van der Waals surface area contributed by atoms with Crippen LogP contribution >= 0.6 is 11.6 Å². The fraction of sp³-hybridized carbons (Fsp3) is 0.333. The van der Waals surface area contributed by atoms with Gasteiger partial charge in [0.2, 0.25) is 11.8 Å². The first-order valence-corrected chi connectivity index (χ1v) is 5.89. The molecule has 1 aromatic carbocycles. The molecular weight excluding hydrogens is 243 g/mol. The van der Waals surface area contributed by atoms with Crippen LogP contribution in [0.4, 0.5) is 4.39 Å². The molecule has 0 bridgehead atoms. The lowest BCUT2D eigenvalue weighted by molar-refractivity contribution is 0.502. The van der Waals surface area contributed by atoms with Gasteiger partial charge < -0.3 is 4.42 Å². The van der Waals surface area contributed by atoms with Gasteiger partial charge in [-0.15, -0.1) is 21.8 Å². The number of halogens is 2. The van der Waals surface area contributed by atoms with Crippen LogP contribution in [0.2, 0.25) is 0 Å². The van der Waals surface area contributed by atoms with Gasteiger partial charge in [-0.25, -0.2) is 4.39 Å². The molecule has 0 aliphatic rings. The van der Waals surface area contributed by atoms with E-state index >= 15 is 0 Å². The molecule has 0 amide bonds. The van der Waals surface area contributed by atoms with Gasteiger partial charge in [0.15, 0.2) is 0 Å². The summed E-state index contributed by atoms with van der Waals surface area (Å²) in [5.74, 6) is 1.12. The van der Waals surface area contributed by atoms with Crippen LogP contribution in [0.1, 0.15) is 17.9 Å². The topological polar surface area (TPSA) is 38.9 Å². The summed E-state index contributed by atoms with van der Waals surface area (Å²) in [4.78, 5) is 0. The maximum atomic E-state index is 13.1. The van der Waals surface area contributed by atoms with Crippen molar-refractivity contribution in [3.8, 4) is 11.5 Å². The van der Waals surface area contributed by atoms with Gasteiger partial charge in [-0.05, 0) is 31.0 Å². The van der Waals surface area contributed by atoms with E-state index in [1.807, 2.05) is 6.92 Å². The zero-order chi connectivity index (χ0) is 12.3. The Morgan fingerprint density at radius 1 is 1.35 bits per heavy atom. The first-order chi connectivity index (χ1) is 8.20. The minimum atomic E-state index is -0.314. The molecule has 90 valence electrons. The molecule has 0 unspecified atom stereocenters. The van der Waals surface area contributed by atoms with E-state index in [9.17, 15) is 4.39 Å². The lowest BCUT2D eigenvalue weighted by Gasteiger charge is -2.00. The standard InChI is InChI=1S/C12H12ClFN2O/c1-8-4-5-9(14)7-10(8)12-16-15-11(17-12)3-2-6-13/h4-5,7H,2-3,6H2,1H3. The van der Waals surface area contributed by atoms with E-state index in [1.165, 1.54) is 12.1 Å². The summed E-state index contributed by atoms with van der Waals surface area (Å²) in [7, 11) is 0. The summed E-state index contributed by atoms with van der Waals surface area (Å²) < 4.78 is 18.6. The Hall–Kier alpha value is -1.42. The van der Waals surface area contributed by atoms with Crippen LogP contribution in [-0.4, -0.2) is 16.1 Å². The van der Waals surface area contributed by atoms with E-state index in [0.717, 1.165) is 12.0 Å². The fourth-order valence-corrected chi connectivity index (χ4v) is 1.64. The van der Waals surface area contributed by atoms with Crippen molar-refractivity contribution in [1.29, 1.82) is 0 Å². The summed E-state index contributed by atoms with van der Waals surface area (Å²) in [6.07, 6.45) is 1.43. The van der Waals surface area contributed by atoms with E-state index < -0.39 is 0 Å². The quantitative estimate of drug-likeness (QED) is 0.786. The minimum absolute atomic E-state index is 0.314. The maximum Gasteiger partial charge on any atom is 0.248 e. The molecule has 0 N–H and O–H groups in total. The molecule has 17 heavy (non-hydrogen) atoms. The molecule has 0 aliphatic heterocycles. The Bertz CT molecular complexity index is 513. The predicted molar refractivity (Wildman–Crippen MR) is 63.5 cm³/mol. The van der Waals surface area contributed by atoms with Crippen molar-refractivity contribution in [2.75, 3.05) is 5.88 Å². The second kappa shape index (κ2) is 5.27. The Morgan fingerprint density at radius 2 is 2.18 bits per heavy atom. The SMILES string of the molecule is Cc1ccc(F)cc1-c1nnc(CCCCl)o1.